The second-order valence-corrected chi connectivity index (χ2v) is 3.97. The van der Waals surface area contributed by atoms with E-state index in [0.29, 0.717) is 6.54 Å². The first-order valence-electron chi connectivity index (χ1n) is 5.00. The summed E-state index contributed by atoms with van der Waals surface area (Å²) in [6, 6.07) is 0. The van der Waals surface area contributed by atoms with Crippen LogP contribution in [0, 0.1) is 0 Å². The maximum absolute atomic E-state index is 9.84. The molecule has 0 bridgehead atoms. The Bertz CT molecular complexity index is 363. The lowest BCUT2D eigenvalue weighted by Gasteiger charge is -2.05. The smallest absolute Gasteiger partial charge is 0.197 e. The maximum Gasteiger partial charge on any atom is 0.197 e. The Kier molecular flexibility index (Phi) is 1.43. The minimum atomic E-state index is 0.217. The van der Waals surface area contributed by atoms with Crippen LogP contribution in [0.25, 0.3) is 0 Å². The first kappa shape index (κ1) is 8.17. The summed E-state index contributed by atoms with van der Waals surface area (Å²) in [5.74, 6) is 0.433. The third-order valence-electron chi connectivity index (χ3n) is 3.23. The van der Waals surface area contributed by atoms with E-state index in [2.05, 4.69) is 0 Å². The van der Waals surface area contributed by atoms with Crippen molar-refractivity contribution in [2.75, 3.05) is 0 Å². The van der Waals surface area contributed by atoms with Crippen molar-refractivity contribution in [1.82, 2.24) is 4.57 Å². The maximum atomic E-state index is 9.84. The summed E-state index contributed by atoms with van der Waals surface area (Å²) in [4.78, 5) is 0. The summed E-state index contributed by atoms with van der Waals surface area (Å²) < 4.78 is 6.92. The van der Waals surface area contributed by atoms with Gasteiger partial charge in [-0.3, -0.25) is 4.57 Å². The van der Waals surface area contributed by atoms with Gasteiger partial charge in [-0.1, -0.05) is 0 Å². The molecule has 76 valence electrons. The SMILES string of the molecule is CCn1c(O)c2c(c1O)CC1OC1C2. The Morgan fingerprint density at radius 1 is 1.21 bits per heavy atom. The highest BCUT2D eigenvalue weighted by molar-refractivity contribution is 5.48. The molecule has 2 unspecified atom stereocenters. The molecule has 0 spiro atoms. The highest BCUT2D eigenvalue weighted by Crippen LogP contribution is 2.44. The fourth-order valence-corrected chi connectivity index (χ4v) is 2.37. The lowest BCUT2D eigenvalue weighted by molar-refractivity contribution is 0.355. The summed E-state index contributed by atoms with van der Waals surface area (Å²) in [5, 5.41) is 19.7. The Hall–Kier alpha value is -1.16. The van der Waals surface area contributed by atoms with Crippen LogP contribution in [0.2, 0.25) is 0 Å². The van der Waals surface area contributed by atoms with Gasteiger partial charge in [0.25, 0.3) is 0 Å². The molecular formula is C10H13NO3. The summed E-state index contributed by atoms with van der Waals surface area (Å²) in [5.41, 5.74) is 1.76. The van der Waals surface area contributed by atoms with Gasteiger partial charge in [0.2, 0.25) is 0 Å². The number of hydrogen-bond donors (Lipinski definition) is 2. The summed E-state index contributed by atoms with van der Waals surface area (Å²) in [6.45, 7) is 2.50. The van der Waals surface area contributed by atoms with Crippen LogP contribution in [-0.4, -0.2) is 27.0 Å². The molecule has 4 nitrogen and oxygen atoms in total. The molecule has 1 fully saturated rings. The Balaban J connectivity index is 2.13. The minimum Gasteiger partial charge on any atom is -0.494 e. The van der Waals surface area contributed by atoms with Crippen LogP contribution in [-0.2, 0) is 24.1 Å². The van der Waals surface area contributed by atoms with Crippen molar-refractivity contribution >= 4 is 0 Å². The Morgan fingerprint density at radius 3 is 2.14 bits per heavy atom. The molecule has 0 saturated carbocycles. The number of fused-ring (bicyclic) bond motifs is 2. The second kappa shape index (κ2) is 2.45. The predicted molar refractivity (Wildman–Crippen MR) is 49.5 cm³/mol. The van der Waals surface area contributed by atoms with Gasteiger partial charge < -0.3 is 14.9 Å². The van der Waals surface area contributed by atoms with E-state index in [1.807, 2.05) is 6.92 Å². The van der Waals surface area contributed by atoms with Gasteiger partial charge in [0, 0.05) is 30.5 Å². The standard InChI is InChI=1S/C10H13NO3/c1-2-11-9(12)5-3-7-8(14-7)4-6(5)10(11)13/h7-8,12-13H,2-4H2,1H3. The Labute approximate surface area is 81.7 Å². The van der Waals surface area contributed by atoms with E-state index in [0.717, 1.165) is 24.0 Å². The zero-order valence-electron chi connectivity index (χ0n) is 8.03. The molecule has 4 heteroatoms. The van der Waals surface area contributed by atoms with Crippen molar-refractivity contribution in [2.45, 2.75) is 38.5 Å². The molecule has 2 heterocycles. The first-order chi connectivity index (χ1) is 6.72. The minimum absolute atomic E-state index is 0.217. The van der Waals surface area contributed by atoms with Gasteiger partial charge in [-0.05, 0) is 6.92 Å². The molecule has 1 aromatic heterocycles. The molecule has 2 N–H and O–H groups in total. The van der Waals surface area contributed by atoms with E-state index in [9.17, 15) is 10.2 Å². The average molecular weight is 195 g/mol. The predicted octanol–water partition coefficient (Wildman–Crippen LogP) is 0.785. The van der Waals surface area contributed by atoms with Crippen molar-refractivity contribution < 1.29 is 14.9 Å². The molecular weight excluding hydrogens is 182 g/mol. The van der Waals surface area contributed by atoms with Crippen LogP contribution < -0.4 is 0 Å². The van der Waals surface area contributed by atoms with Crippen molar-refractivity contribution in [3.8, 4) is 11.8 Å². The topological polar surface area (TPSA) is 57.9 Å². The third-order valence-corrected chi connectivity index (χ3v) is 3.23. The molecule has 1 saturated heterocycles. The number of aromatic nitrogens is 1. The van der Waals surface area contributed by atoms with E-state index in [-0.39, 0.29) is 24.0 Å². The van der Waals surface area contributed by atoms with Crippen LogP contribution in [0.1, 0.15) is 18.1 Å². The van der Waals surface area contributed by atoms with Crippen LogP contribution in [0.3, 0.4) is 0 Å². The zero-order valence-corrected chi connectivity index (χ0v) is 8.03. The van der Waals surface area contributed by atoms with Gasteiger partial charge in [0.15, 0.2) is 11.8 Å². The number of ether oxygens (including phenoxy) is 1. The number of hydrogen-bond acceptors (Lipinski definition) is 3. The molecule has 1 aromatic rings. The number of epoxide rings is 1. The number of nitrogens with zero attached hydrogens (tertiary/aromatic N) is 1. The first-order valence-corrected chi connectivity index (χ1v) is 5.00. The van der Waals surface area contributed by atoms with Crippen molar-refractivity contribution in [1.29, 1.82) is 0 Å². The van der Waals surface area contributed by atoms with E-state index >= 15 is 0 Å². The van der Waals surface area contributed by atoms with Gasteiger partial charge >= 0.3 is 0 Å². The van der Waals surface area contributed by atoms with Crippen LogP contribution in [0.15, 0.2) is 0 Å². The highest BCUT2D eigenvalue weighted by Gasteiger charge is 2.46. The van der Waals surface area contributed by atoms with Crippen LogP contribution >= 0.6 is 0 Å². The van der Waals surface area contributed by atoms with Gasteiger partial charge in [-0.2, -0.15) is 0 Å². The average Bonchev–Trinajstić information content (AvgIpc) is 2.89. The summed E-state index contributed by atoms with van der Waals surface area (Å²) >= 11 is 0. The van der Waals surface area contributed by atoms with Crippen LogP contribution in [0.5, 0.6) is 11.8 Å². The monoisotopic (exact) mass is 195 g/mol. The summed E-state index contributed by atoms with van der Waals surface area (Å²) in [7, 11) is 0. The number of aromatic hydroxyl groups is 2. The lowest BCUT2D eigenvalue weighted by Crippen LogP contribution is -2.09. The van der Waals surface area contributed by atoms with E-state index in [4.69, 9.17) is 4.74 Å². The zero-order chi connectivity index (χ0) is 9.87. The van der Waals surface area contributed by atoms with Crippen molar-refractivity contribution in [3.05, 3.63) is 11.1 Å². The van der Waals surface area contributed by atoms with Crippen molar-refractivity contribution in [2.24, 2.45) is 0 Å². The molecule has 14 heavy (non-hydrogen) atoms. The quantitative estimate of drug-likeness (QED) is 0.651. The molecule has 0 aromatic carbocycles. The van der Waals surface area contributed by atoms with Gasteiger partial charge in [0.1, 0.15) is 0 Å². The number of rotatable bonds is 1. The fourth-order valence-electron chi connectivity index (χ4n) is 2.37. The lowest BCUT2D eigenvalue weighted by atomic mass is 9.95. The van der Waals surface area contributed by atoms with E-state index in [1.165, 1.54) is 0 Å². The molecule has 1 aliphatic heterocycles. The highest BCUT2D eigenvalue weighted by atomic mass is 16.6. The molecule has 0 amide bonds. The molecule has 2 aliphatic rings. The van der Waals surface area contributed by atoms with E-state index < -0.39 is 0 Å². The van der Waals surface area contributed by atoms with E-state index in [1.54, 1.807) is 4.57 Å². The largest absolute Gasteiger partial charge is 0.494 e. The third kappa shape index (κ3) is 0.865. The summed E-state index contributed by atoms with van der Waals surface area (Å²) in [6.07, 6.45) is 2.04. The molecule has 2 atom stereocenters. The van der Waals surface area contributed by atoms with Gasteiger partial charge in [-0.15, -0.1) is 0 Å². The second-order valence-electron chi connectivity index (χ2n) is 3.97. The Morgan fingerprint density at radius 2 is 1.71 bits per heavy atom. The normalized spacial score (nSPS) is 28.4. The fraction of sp³-hybridized carbons (Fsp3) is 0.600. The molecule has 0 radical (unpaired) electrons. The van der Waals surface area contributed by atoms with Crippen molar-refractivity contribution in [3.63, 3.8) is 0 Å². The van der Waals surface area contributed by atoms with Gasteiger partial charge in [0.05, 0.1) is 12.2 Å². The molecule has 1 aliphatic carbocycles. The van der Waals surface area contributed by atoms with Crippen LogP contribution in [0.4, 0.5) is 0 Å². The molecule has 3 rings (SSSR count). The van der Waals surface area contributed by atoms with Gasteiger partial charge in [-0.25, -0.2) is 0 Å².